The minimum atomic E-state index is -0.472. The van der Waals surface area contributed by atoms with Gasteiger partial charge in [0, 0.05) is 11.6 Å². The zero-order chi connectivity index (χ0) is 18.9. The molecule has 0 bridgehead atoms. The predicted molar refractivity (Wildman–Crippen MR) is 101 cm³/mol. The van der Waals surface area contributed by atoms with Crippen LogP contribution in [0.25, 0.3) is 6.08 Å². The maximum absolute atomic E-state index is 12.0. The highest BCUT2D eigenvalue weighted by Gasteiger charge is 2.11. The Labute approximate surface area is 158 Å². The Bertz CT molecular complexity index is 786. The zero-order valence-corrected chi connectivity index (χ0v) is 15.7. The highest BCUT2D eigenvalue weighted by Crippen LogP contribution is 2.36. The summed E-state index contributed by atoms with van der Waals surface area (Å²) >= 11 is 6.21. The maximum Gasteiger partial charge on any atom is 0.331 e. The summed E-state index contributed by atoms with van der Waals surface area (Å²) in [5.41, 5.74) is 1.49. The van der Waals surface area contributed by atoms with Gasteiger partial charge in [0.1, 0.15) is 12.4 Å². The highest BCUT2D eigenvalue weighted by atomic mass is 35.5. The summed E-state index contributed by atoms with van der Waals surface area (Å²) in [6.45, 7) is 2.46. The molecule has 2 aromatic rings. The Hall–Kier alpha value is -2.66. The van der Waals surface area contributed by atoms with E-state index in [0.717, 1.165) is 5.56 Å². The van der Waals surface area contributed by atoms with E-state index in [-0.39, 0.29) is 6.61 Å². The lowest BCUT2D eigenvalue weighted by Gasteiger charge is -2.11. The molecule has 0 saturated carbocycles. The molecular formula is C20H21ClO5. The van der Waals surface area contributed by atoms with Gasteiger partial charge in [-0.05, 0) is 36.8 Å². The largest absolute Gasteiger partial charge is 0.496 e. The molecule has 5 nitrogen and oxygen atoms in total. The molecule has 0 heterocycles. The molecule has 0 amide bonds. The molecule has 2 aromatic carbocycles. The number of ether oxygens (including phenoxy) is 4. The van der Waals surface area contributed by atoms with Crippen LogP contribution in [0, 0.1) is 0 Å². The van der Waals surface area contributed by atoms with E-state index in [0.29, 0.717) is 34.4 Å². The van der Waals surface area contributed by atoms with Crippen molar-refractivity contribution >= 4 is 23.6 Å². The van der Waals surface area contributed by atoms with Gasteiger partial charge in [-0.15, -0.1) is 0 Å². The van der Waals surface area contributed by atoms with Gasteiger partial charge in [0.25, 0.3) is 0 Å². The van der Waals surface area contributed by atoms with Crippen LogP contribution in [0.3, 0.4) is 0 Å². The van der Waals surface area contributed by atoms with E-state index in [1.54, 1.807) is 25.3 Å². The Balaban J connectivity index is 2.04. The fourth-order valence-electron chi connectivity index (χ4n) is 2.30. The first-order valence-corrected chi connectivity index (χ1v) is 8.43. The summed E-state index contributed by atoms with van der Waals surface area (Å²) in [5, 5.41) is 0.410. The summed E-state index contributed by atoms with van der Waals surface area (Å²) < 4.78 is 21.2. The van der Waals surface area contributed by atoms with Gasteiger partial charge in [0.15, 0.2) is 11.5 Å². The molecule has 2 rings (SSSR count). The Kier molecular flexibility index (Phi) is 7.36. The van der Waals surface area contributed by atoms with E-state index in [4.69, 9.17) is 30.5 Å². The lowest BCUT2D eigenvalue weighted by atomic mass is 10.2. The first-order chi connectivity index (χ1) is 12.6. The van der Waals surface area contributed by atoms with E-state index in [2.05, 4.69) is 0 Å². The van der Waals surface area contributed by atoms with Crippen LogP contribution in [0.2, 0.25) is 5.02 Å². The molecule has 0 spiro atoms. The Morgan fingerprint density at radius 1 is 1.12 bits per heavy atom. The maximum atomic E-state index is 12.0. The number of carbonyl (C=O) groups is 1. The van der Waals surface area contributed by atoms with Gasteiger partial charge in [0.05, 0.1) is 25.8 Å². The molecule has 138 valence electrons. The smallest absolute Gasteiger partial charge is 0.331 e. The minimum Gasteiger partial charge on any atom is -0.496 e. The van der Waals surface area contributed by atoms with Gasteiger partial charge >= 0.3 is 5.97 Å². The van der Waals surface area contributed by atoms with E-state index in [1.165, 1.54) is 13.2 Å². The second-order valence-electron chi connectivity index (χ2n) is 5.22. The Morgan fingerprint density at radius 3 is 2.54 bits per heavy atom. The predicted octanol–water partition coefficient (Wildman–Crippen LogP) is 4.51. The van der Waals surface area contributed by atoms with Crippen LogP contribution in [0.15, 0.2) is 42.5 Å². The molecule has 0 aliphatic rings. The lowest BCUT2D eigenvalue weighted by Crippen LogP contribution is -2.02. The van der Waals surface area contributed by atoms with Crippen LogP contribution in [0.1, 0.15) is 18.1 Å². The number of methoxy groups -OCH3 is 2. The Morgan fingerprint density at radius 2 is 1.85 bits per heavy atom. The van der Waals surface area contributed by atoms with Gasteiger partial charge in [-0.2, -0.15) is 0 Å². The molecule has 0 aliphatic heterocycles. The van der Waals surface area contributed by atoms with Gasteiger partial charge in [-0.25, -0.2) is 4.79 Å². The monoisotopic (exact) mass is 376 g/mol. The van der Waals surface area contributed by atoms with Gasteiger partial charge < -0.3 is 18.9 Å². The summed E-state index contributed by atoms with van der Waals surface area (Å²) in [7, 11) is 3.10. The average molecular weight is 377 g/mol. The van der Waals surface area contributed by atoms with Crippen molar-refractivity contribution in [1.29, 1.82) is 0 Å². The molecule has 0 aromatic heterocycles. The fourth-order valence-corrected chi connectivity index (χ4v) is 2.58. The summed E-state index contributed by atoms with van der Waals surface area (Å²) in [6.07, 6.45) is 2.94. The molecular weight excluding hydrogens is 356 g/mol. The van der Waals surface area contributed by atoms with Crippen molar-refractivity contribution in [3.05, 3.63) is 58.6 Å². The van der Waals surface area contributed by atoms with Crippen LogP contribution in [0.5, 0.6) is 17.2 Å². The quantitative estimate of drug-likeness (QED) is 0.501. The number of benzene rings is 2. The molecule has 0 aliphatic carbocycles. The molecule has 26 heavy (non-hydrogen) atoms. The number of halogens is 1. The molecule has 0 atom stereocenters. The van der Waals surface area contributed by atoms with Crippen LogP contribution in [-0.2, 0) is 16.1 Å². The number of rotatable bonds is 8. The molecule has 6 heteroatoms. The van der Waals surface area contributed by atoms with Gasteiger partial charge in [-0.3, -0.25) is 0 Å². The molecule has 0 fully saturated rings. The van der Waals surface area contributed by atoms with Crippen LogP contribution in [0.4, 0.5) is 0 Å². The second kappa shape index (κ2) is 9.73. The minimum absolute atomic E-state index is 0.126. The zero-order valence-electron chi connectivity index (χ0n) is 15.0. The van der Waals surface area contributed by atoms with Crippen molar-refractivity contribution in [1.82, 2.24) is 0 Å². The molecule has 0 unspecified atom stereocenters. The van der Waals surface area contributed by atoms with E-state index in [9.17, 15) is 4.79 Å². The highest BCUT2D eigenvalue weighted by molar-refractivity contribution is 6.32. The molecule has 0 N–H and O–H groups in total. The van der Waals surface area contributed by atoms with Crippen molar-refractivity contribution in [3.63, 3.8) is 0 Å². The molecule has 0 radical (unpaired) electrons. The fraction of sp³-hybridized carbons (Fsp3) is 0.250. The topological polar surface area (TPSA) is 54.0 Å². The number of hydrogen-bond acceptors (Lipinski definition) is 5. The number of carbonyl (C=O) groups excluding carboxylic acids is 1. The normalized spacial score (nSPS) is 10.6. The van der Waals surface area contributed by atoms with Crippen LogP contribution >= 0.6 is 11.6 Å². The van der Waals surface area contributed by atoms with Crippen molar-refractivity contribution < 1.29 is 23.7 Å². The van der Waals surface area contributed by atoms with Crippen LogP contribution < -0.4 is 14.2 Å². The first-order valence-electron chi connectivity index (χ1n) is 8.06. The van der Waals surface area contributed by atoms with Crippen molar-refractivity contribution in [2.24, 2.45) is 0 Å². The summed E-state index contributed by atoms with van der Waals surface area (Å²) in [5.74, 6) is 1.18. The van der Waals surface area contributed by atoms with Crippen molar-refractivity contribution in [3.8, 4) is 17.2 Å². The number of para-hydroxylation sites is 1. The first kappa shape index (κ1) is 19.7. The standard InChI is InChI=1S/C20H21ClO5/c1-4-25-20-16(21)11-14(12-18(20)24-3)9-10-19(22)26-13-15-7-5-6-8-17(15)23-2/h5-12H,4,13H2,1-3H3/b10-9+. The third-order valence-electron chi connectivity index (χ3n) is 3.51. The van der Waals surface area contributed by atoms with Crippen LogP contribution in [-0.4, -0.2) is 26.8 Å². The molecule has 0 saturated heterocycles. The third-order valence-corrected chi connectivity index (χ3v) is 3.80. The van der Waals surface area contributed by atoms with Gasteiger partial charge in [0.2, 0.25) is 0 Å². The lowest BCUT2D eigenvalue weighted by molar-refractivity contribution is -0.138. The van der Waals surface area contributed by atoms with Crippen molar-refractivity contribution in [2.45, 2.75) is 13.5 Å². The van der Waals surface area contributed by atoms with E-state index < -0.39 is 5.97 Å². The SMILES string of the molecule is CCOc1c(Cl)cc(/C=C/C(=O)OCc2ccccc2OC)cc1OC. The summed E-state index contributed by atoms with van der Waals surface area (Å²) in [6, 6.07) is 10.8. The second-order valence-corrected chi connectivity index (χ2v) is 5.63. The number of esters is 1. The van der Waals surface area contributed by atoms with Crippen molar-refractivity contribution in [2.75, 3.05) is 20.8 Å². The van der Waals surface area contributed by atoms with E-state index >= 15 is 0 Å². The van der Waals surface area contributed by atoms with Gasteiger partial charge in [-0.1, -0.05) is 29.8 Å². The third kappa shape index (κ3) is 5.17. The summed E-state index contributed by atoms with van der Waals surface area (Å²) in [4.78, 5) is 12.0. The average Bonchev–Trinajstić information content (AvgIpc) is 2.66. The van der Waals surface area contributed by atoms with E-state index in [1.807, 2.05) is 31.2 Å². The number of hydrogen-bond donors (Lipinski definition) is 0.